The van der Waals surface area contributed by atoms with E-state index in [1.54, 1.807) is 0 Å². The highest BCUT2D eigenvalue weighted by Gasteiger charge is 2.31. The maximum atomic E-state index is 13.2. The molecule has 0 atom stereocenters. The molecule has 0 bridgehead atoms. The second-order valence-electron chi connectivity index (χ2n) is 6.73. The van der Waals surface area contributed by atoms with Gasteiger partial charge in [-0.3, -0.25) is 4.79 Å². The van der Waals surface area contributed by atoms with Gasteiger partial charge in [-0.25, -0.2) is 17.6 Å². The van der Waals surface area contributed by atoms with Crippen molar-refractivity contribution in [1.29, 1.82) is 0 Å². The molecule has 0 radical (unpaired) electrons. The van der Waals surface area contributed by atoms with Crippen LogP contribution in [0.25, 0.3) is 0 Å². The fourth-order valence-corrected chi connectivity index (χ4v) is 4.94. The minimum atomic E-state index is -3.84. The molecule has 1 heterocycles. The predicted octanol–water partition coefficient (Wildman–Crippen LogP) is 3.07. The Hall–Kier alpha value is -2.69. The zero-order valence-electron chi connectivity index (χ0n) is 16.6. The van der Waals surface area contributed by atoms with Crippen LogP contribution in [0.2, 0.25) is 5.02 Å². The van der Waals surface area contributed by atoms with E-state index in [4.69, 9.17) is 21.1 Å². The van der Waals surface area contributed by atoms with Crippen LogP contribution in [0.15, 0.2) is 41.3 Å². The van der Waals surface area contributed by atoms with Gasteiger partial charge in [-0.05, 0) is 49.2 Å². The van der Waals surface area contributed by atoms with E-state index in [-0.39, 0.29) is 26.9 Å². The van der Waals surface area contributed by atoms with Crippen molar-refractivity contribution >= 4 is 39.2 Å². The van der Waals surface area contributed by atoms with Gasteiger partial charge in [0.05, 0.1) is 17.7 Å². The molecule has 166 valence electrons. The quantitative estimate of drug-likeness (QED) is 0.624. The number of ether oxygens (including phenoxy) is 2. The van der Waals surface area contributed by atoms with E-state index in [1.165, 1.54) is 41.7 Å². The number of hydrogen-bond donors (Lipinski definition) is 1. The maximum absolute atomic E-state index is 13.2. The van der Waals surface area contributed by atoms with Gasteiger partial charge in [-0.2, -0.15) is 4.31 Å². The molecule has 0 unspecified atom stereocenters. The fourth-order valence-electron chi connectivity index (χ4n) is 3.06. The summed E-state index contributed by atoms with van der Waals surface area (Å²) in [6.45, 7) is 0.162. The summed E-state index contributed by atoms with van der Waals surface area (Å²) in [5.74, 6) is -2.08. The number of carbonyl (C=O) groups is 2. The van der Waals surface area contributed by atoms with Gasteiger partial charge in [-0.15, -0.1) is 0 Å². The Labute approximate surface area is 183 Å². The Balaban J connectivity index is 1.70. The molecule has 1 fully saturated rings. The van der Waals surface area contributed by atoms with Crippen LogP contribution in [-0.2, 0) is 19.6 Å². The Kier molecular flexibility index (Phi) is 7.14. The predicted molar refractivity (Wildman–Crippen MR) is 111 cm³/mol. The van der Waals surface area contributed by atoms with E-state index in [9.17, 15) is 22.4 Å². The fraction of sp³-hybridized carbons (Fsp3) is 0.300. The first-order valence-corrected chi connectivity index (χ1v) is 11.1. The lowest BCUT2D eigenvalue weighted by atomic mass is 10.2. The molecule has 2 aromatic rings. The zero-order chi connectivity index (χ0) is 22.6. The van der Waals surface area contributed by atoms with Gasteiger partial charge < -0.3 is 14.8 Å². The summed E-state index contributed by atoms with van der Waals surface area (Å²) in [4.78, 5) is 24.2. The van der Waals surface area contributed by atoms with Crippen molar-refractivity contribution in [3.8, 4) is 5.75 Å². The van der Waals surface area contributed by atoms with E-state index in [0.29, 0.717) is 13.1 Å². The average Bonchev–Trinajstić information content (AvgIpc) is 3.30. The standard InChI is InChI=1S/C20H20ClFN2O6S/c1-29-17-7-4-13(10-18(17)31(27,28)24-8-2-3-9-24)20(26)30-12-19(25)23-14-5-6-16(22)15(21)11-14/h4-7,10-11H,2-3,8-9,12H2,1H3,(H,23,25). The topological polar surface area (TPSA) is 102 Å². The highest BCUT2D eigenvalue weighted by molar-refractivity contribution is 7.89. The third-order valence-corrected chi connectivity index (χ3v) is 6.83. The van der Waals surface area contributed by atoms with Crippen molar-refractivity contribution in [3.05, 3.63) is 52.8 Å². The maximum Gasteiger partial charge on any atom is 0.338 e. The molecule has 0 spiro atoms. The Morgan fingerprint density at radius 2 is 1.87 bits per heavy atom. The molecular formula is C20H20ClFN2O6S. The summed E-state index contributed by atoms with van der Waals surface area (Å²) in [5, 5.41) is 2.25. The molecular weight excluding hydrogens is 451 g/mol. The second kappa shape index (κ2) is 9.63. The molecule has 8 nitrogen and oxygen atoms in total. The highest BCUT2D eigenvalue weighted by Crippen LogP contribution is 2.30. The van der Waals surface area contributed by atoms with E-state index in [2.05, 4.69) is 5.32 Å². The first-order valence-electron chi connectivity index (χ1n) is 9.32. The lowest BCUT2D eigenvalue weighted by molar-refractivity contribution is -0.119. The number of rotatable bonds is 7. The third kappa shape index (κ3) is 5.33. The van der Waals surface area contributed by atoms with Crippen LogP contribution < -0.4 is 10.1 Å². The first-order chi connectivity index (χ1) is 14.7. The Morgan fingerprint density at radius 3 is 2.52 bits per heavy atom. The number of sulfonamides is 1. The van der Waals surface area contributed by atoms with Crippen LogP contribution in [-0.4, -0.2) is 51.4 Å². The van der Waals surface area contributed by atoms with Gasteiger partial charge in [0, 0.05) is 18.8 Å². The first kappa shape index (κ1) is 23.0. The van der Waals surface area contributed by atoms with Crippen molar-refractivity contribution in [1.82, 2.24) is 4.31 Å². The van der Waals surface area contributed by atoms with E-state index >= 15 is 0 Å². The van der Waals surface area contributed by atoms with Crippen LogP contribution >= 0.6 is 11.6 Å². The molecule has 1 saturated heterocycles. The molecule has 2 aromatic carbocycles. The average molecular weight is 471 g/mol. The van der Waals surface area contributed by atoms with Gasteiger partial charge in [0.1, 0.15) is 16.5 Å². The van der Waals surface area contributed by atoms with Gasteiger partial charge in [0.25, 0.3) is 5.91 Å². The monoisotopic (exact) mass is 470 g/mol. The Morgan fingerprint density at radius 1 is 1.16 bits per heavy atom. The largest absolute Gasteiger partial charge is 0.495 e. The van der Waals surface area contributed by atoms with Gasteiger partial charge in [0.2, 0.25) is 10.0 Å². The number of esters is 1. The summed E-state index contributed by atoms with van der Waals surface area (Å²) >= 11 is 5.65. The van der Waals surface area contributed by atoms with Crippen molar-refractivity contribution in [2.75, 3.05) is 32.1 Å². The molecule has 11 heteroatoms. The number of nitrogens with zero attached hydrogens (tertiary/aromatic N) is 1. The molecule has 1 aliphatic heterocycles. The summed E-state index contributed by atoms with van der Waals surface area (Å²) in [5.41, 5.74) is 0.187. The highest BCUT2D eigenvalue weighted by atomic mass is 35.5. The van der Waals surface area contributed by atoms with Crippen LogP contribution in [0.1, 0.15) is 23.2 Å². The van der Waals surface area contributed by atoms with Crippen molar-refractivity contribution in [3.63, 3.8) is 0 Å². The molecule has 1 N–H and O–H groups in total. The van der Waals surface area contributed by atoms with Crippen LogP contribution in [0.4, 0.5) is 10.1 Å². The molecule has 0 aliphatic carbocycles. The van der Waals surface area contributed by atoms with E-state index in [1.807, 2.05) is 0 Å². The molecule has 1 aliphatic rings. The van der Waals surface area contributed by atoms with Crippen LogP contribution in [0, 0.1) is 5.82 Å². The van der Waals surface area contributed by atoms with Crippen LogP contribution in [0.3, 0.4) is 0 Å². The number of nitrogens with one attached hydrogen (secondary N) is 1. The minimum absolute atomic E-state index is 0.0452. The number of carbonyl (C=O) groups excluding carboxylic acids is 2. The second-order valence-corrected chi connectivity index (χ2v) is 9.04. The van der Waals surface area contributed by atoms with Crippen molar-refractivity contribution < 1.29 is 31.9 Å². The lowest BCUT2D eigenvalue weighted by Crippen LogP contribution is -2.28. The normalized spacial score (nSPS) is 14.3. The lowest BCUT2D eigenvalue weighted by Gasteiger charge is -2.18. The number of hydrogen-bond acceptors (Lipinski definition) is 6. The summed E-state index contributed by atoms with van der Waals surface area (Å²) in [7, 11) is -2.50. The number of methoxy groups -OCH3 is 1. The van der Waals surface area contributed by atoms with Gasteiger partial charge >= 0.3 is 5.97 Å². The number of amides is 1. The van der Waals surface area contributed by atoms with Gasteiger partial charge in [0.15, 0.2) is 6.61 Å². The summed E-state index contributed by atoms with van der Waals surface area (Å²) in [6.07, 6.45) is 1.52. The number of anilines is 1. The minimum Gasteiger partial charge on any atom is -0.495 e. The summed E-state index contributed by atoms with van der Waals surface area (Å²) < 4.78 is 50.4. The zero-order valence-corrected chi connectivity index (χ0v) is 18.1. The molecule has 3 rings (SSSR count). The van der Waals surface area contributed by atoms with E-state index < -0.39 is 34.3 Å². The SMILES string of the molecule is COc1ccc(C(=O)OCC(=O)Nc2ccc(F)c(Cl)c2)cc1S(=O)(=O)N1CCCC1. The molecule has 0 aromatic heterocycles. The summed E-state index contributed by atoms with van der Waals surface area (Å²) in [6, 6.07) is 7.49. The Bertz CT molecular complexity index is 1100. The smallest absolute Gasteiger partial charge is 0.338 e. The molecule has 0 saturated carbocycles. The van der Waals surface area contributed by atoms with Crippen LogP contribution in [0.5, 0.6) is 5.75 Å². The van der Waals surface area contributed by atoms with Crippen molar-refractivity contribution in [2.24, 2.45) is 0 Å². The van der Waals surface area contributed by atoms with Gasteiger partial charge in [-0.1, -0.05) is 11.6 Å². The van der Waals surface area contributed by atoms with Crippen molar-refractivity contribution in [2.45, 2.75) is 17.7 Å². The third-order valence-electron chi connectivity index (χ3n) is 4.62. The number of halogens is 2. The number of benzene rings is 2. The van der Waals surface area contributed by atoms with E-state index in [0.717, 1.165) is 18.9 Å². The molecule has 31 heavy (non-hydrogen) atoms. The molecule has 1 amide bonds.